The molecule has 1 amide bonds. The molecule has 1 N–H and O–H groups in total. The maximum Gasteiger partial charge on any atom is 0.407 e. The van der Waals surface area contributed by atoms with Gasteiger partial charge in [-0.2, -0.15) is 0 Å². The number of carbonyl (C=O) groups excluding carboxylic acids is 1. The quantitative estimate of drug-likeness (QED) is 0.930. The van der Waals surface area contributed by atoms with E-state index in [9.17, 15) is 4.79 Å². The standard InChI is InChI=1S/C16H26N4O2/c1-12-9-14(19-11-18-12)20-8-6-5-7-13(20)10-17-15(21)22-16(2,3)4/h9,11,13H,5-8,10H2,1-4H3,(H,17,21)/t13-/m1/s1. The van der Waals surface area contributed by atoms with E-state index >= 15 is 0 Å². The van der Waals surface area contributed by atoms with E-state index in [2.05, 4.69) is 20.2 Å². The van der Waals surface area contributed by atoms with E-state index < -0.39 is 5.60 Å². The van der Waals surface area contributed by atoms with Gasteiger partial charge < -0.3 is 15.0 Å². The third-order valence-electron chi connectivity index (χ3n) is 3.59. The number of ether oxygens (including phenoxy) is 1. The molecule has 2 rings (SSSR count). The molecule has 0 aromatic carbocycles. The number of nitrogens with zero attached hydrogens (tertiary/aromatic N) is 3. The fourth-order valence-electron chi connectivity index (χ4n) is 2.63. The zero-order chi connectivity index (χ0) is 16.2. The molecule has 1 aliphatic heterocycles. The number of aromatic nitrogens is 2. The van der Waals surface area contributed by atoms with Crippen molar-refractivity contribution in [2.24, 2.45) is 0 Å². The Morgan fingerprint density at radius 3 is 2.86 bits per heavy atom. The Morgan fingerprint density at radius 2 is 2.18 bits per heavy atom. The van der Waals surface area contributed by atoms with Crippen molar-refractivity contribution in [3.8, 4) is 0 Å². The number of nitrogens with one attached hydrogen (secondary N) is 1. The molecule has 1 aromatic rings. The van der Waals surface area contributed by atoms with Crippen LogP contribution in [0.5, 0.6) is 0 Å². The average molecular weight is 306 g/mol. The third kappa shape index (κ3) is 4.86. The van der Waals surface area contributed by atoms with Crippen LogP contribution in [0.4, 0.5) is 10.6 Å². The van der Waals surface area contributed by atoms with Gasteiger partial charge in [0.15, 0.2) is 0 Å². The number of piperidine rings is 1. The van der Waals surface area contributed by atoms with Gasteiger partial charge in [-0.3, -0.25) is 0 Å². The van der Waals surface area contributed by atoms with E-state index in [1.165, 1.54) is 6.42 Å². The molecule has 22 heavy (non-hydrogen) atoms. The highest BCUT2D eigenvalue weighted by molar-refractivity contribution is 5.67. The van der Waals surface area contributed by atoms with E-state index in [1.54, 1.807) is 6.33 Å². The van der Waals surface area contributed by atoms with Gasteiger partial charge >= 0.3 is 6.09 Å². The van der Waals surface area contributed by atoms with Crippen LogP contribution in [0.3, 0.4) is 0 Å². The van der Waals surface area contributed by atoms with Gasteiger partial charge in [0.05, 0.1) is 0 Å². The second-order valence-corrected chi connectivity index (χ2v) is 6.74. The number of carbonyl (C=O) groups is 1. The van der Waals surface area contributed by atoms with Gasteiger partial charge in [0, 0.05) is 30.9 Å². The number of amides is 1. The second kappa shape index (κ2) is 6.94. The van der Waals surface area contributed by atoms with E-state index in [4.69, 9.17) is 4.74 Å². The molecule has 1 fully saturated rings. The van der Waals surface area contributed by atoms with E-state index in [-0.39, 0.29) is 12.1 Å². The van der Waals surface area contributed by atoms with Crippen molar-refractivity contribution >= 4 is 11.9 Å². The molecule has 1 atom stereocenters. The Bertz CT molecular complexity index is 513. The Labute approximate surface area is 132 Å². The van der Waals surface area contributed by atoms with Gasteiger partial charge in [-0.15, -0.1) is 0 Å². The van der Waals surface area contributed by atoms with Gasteiger partial charge in [-0.1, -0.05) is 0 Å². The van der Waals surface area contributed by atoms with Crippen LogP contribution in [0.25, 0.3) is 0 Å². The van der Waals surface area contributed by atoms with Crippen molar-refractivity contribution in [1.82, 2.24) is 15.3 Å². The molecule has 6 heteroatoms. The van der Waals surface area contributed by atoms with Gasteiger partial charge in [0.2, 0.25) is 0 Å². The molecule has 0 radical (unpaired) electrons. The molecule has 1 aliphatic rings. The molecule has 122 valence electrons. The highest BCUT2D eigenvalue weighted by Crippen LogP contribution is 2.22. The Kier molecular flexibility index (Phi) is 5.21. The first-order chi connectivity index (χ1) is 10.3. The van der Waals surface area contributed by atoms with Crippen LogP contribution in [0.15, 0.2) is 12.4 Å². The first kappa shape index (κ1) is 16.5. The van der Waals surface area contributed by atoms with Crippen LogP contribution in [-0.2, 0) is 4.74 Å². The van der Waals surface area contributed by atoms with Crippen LogP contribution in [-0.4, -0.2) is 40.8 Å². The fourth-order valence-corrected chi connectivity index (χ4v) is 2.63. The predicted octanol–water partition coefficient (Wildman–Crippen LogP) is 2.67. The van der Waals surface area contributed by atoms with Gasteiger partial charge in [0.25, 0.3) is 0 Å². The topological polar surface area (TPSA) is 67.4 Å². The van der Waals surface area contributed by atoms with Gasteiger partial charge in [-0.05, 0) is 47.0 Å². The van der Waals surface area contributed by atoms with Crippen molar-refractivity contribution in [2.45, 2.75) is 58.6 Å². The smallest absolute Gasteiger partial charge is 0.407 e. The summed E-state index contributed by atoms with van der Waals surface area (Å²) in [4.78, 5) is 22.6. The Morgan fingerprint density at radius 1 is 1.41 bits per heavy atom. The summed E-state index contributed by atoms with van der Waals surface area (Å²) in [6.07, 6.45) is 4.58. The molecule has 1 saturated heterocycles. The second-order valence-electron chi connectivity index (χ2n) is 6.74. The lowest BCUT2D eigenvalue weighted by Gasteiger charge is -2.36. The monoisotopic (exact) mass is 306 g/mol. The van der Waals surface area contributed by atoms with Crippen LogP contribution in [0.2, 0.25) is 0 Å². The SMILES string of the molecule is Cc1cc(N2CCCC[C@@H]2CNC(=O)OC(C)(C)C)ncn1. The maximum absolute atomic E-state index is 11.8. The van der Waals surface area contributed by atoms with Crippen LogP contribution in [0.1, 0.15) is 45.7 Å². The summed E-state index contributed by atoms with van der Waals surface area (Å²) in [6.45, 7) is 9.08. The predicted molar refractivity (Wildman–Crippen MR) is 86.0 cm³/mol. The van der Waals surface area contributed by atoms with E-state index in [0.29, 0.717) is 6.54 Å². The number of rotatable bonds is 3. The Balaban J connectivity index is 1.97. The zero-order valence-corrected chi connectivity index (χ0v) is 13.9. The van der Waals surface area contributed by atoms with Crippen LogP contribution in [0, 0.1) is 6.92 Å². The number of anilines is 1. The lowest BCUT2D eigenvalue weighted by atomic mass is 10.0. The summed E-state index contributed by atoms with van der Waals surface area (Å²) < 4.78 is 5.29. The minimum Gasteiger partial charge on any atom is -0.444 e. The zero-order valence-electron chi connectivity index (χ0n) is 13.9. The maximum atomic E-state index is 11.8. The summed E-state index contributed by atoms with van der Waals surface area (Å²) in [5.74, 6) is 0.934. The molecule has 0 spiro atoms. The minimum absolute atomic E-state index is 0.246. The highest BCUT2D eigenvalue weighted by atomic mass is 16.6. The summed E-state index contributed by atoms with van der Waals surface area (Å²) in [5.41, 5.74) is 0.481. The minimum atomic E-state index is -0.472. The van der Waals surface area contributed by atoms with Crippen molar-refractivity contribution < 1.29 is 9.53 Å². The summed E-state index contributed by atoms with van der Waals surface area (Å²) in [6, 6.07) is 2.24. The summed E-state index contributed by atoms with van der Waals surface area (Å²) >= 11 is 0. The summed E-state index contributed by atoms with van der Waals surface area (Å²) in [7, 11) is 0. The molecule has 2 heterocycles. The van der Waals surface area contributed by atoms with Crippen LogP contribution < -0.4 is 10.2 Å². The molecular formula is C16H26N4O2. The van der Waals surface area contributed by atoms with Crippen molar-refractivity contribution in [3.05, 3.63) is 18.1 Å². The molecule has 0 bridgehead atoms. The molecule has 0 aliphatic carbocycles. The normalized spacial score (nSPS) is 18.9. The third-order valence-corrected chi connectivity index (χ3v) is 3.59. The highest BCUT2D eigenvalue weighted by Gasteiger charge is 2.25. The van der Waals surface area contributed by atoms with E-state index in [0.717, 1.165) is 30.9 Å². The first-order valence-corrected chi connectivity index (χ1v) is 7.87. The number of hydrogen-bond donors (Lipinski definition) is 1. The van der Waals surface area contributed by atoms with Crippen molar-refractivity contribution in [2.75, 3.05) is 18.0 Å². The molecule has 0 unspecified atom stereocenters. The van der Waals surface area contributed by atoms with Crippen LogP contribution >= 0.6 is 0 Å². The van der Waals surface area contributed by atoms with E-state index in [1.807, 2.05) is 33.8 Å². The average Bonchev–Trinajstić information content (AvgIpc) is 2.44. The van der Waals surface area contributed by atoms with Crippen molar-refractivity contribution in [1.29, 1.82) is 0 Å². The van der Waals surface area contributed by atoms with Gasteiger partial charge in [0.1, 0.15) is 17.7 Å². The fraction of sp³-hybridized carbons (Fsp3) is 0.688. The molecular weight excluding hydrogens is 280 g/mol. The molecule has 1 aromatic heterocycles. The number of hydrogen-bond acceptors (Lipinski definition) is 5. The largest absolute Gasteiger partial charge is 0.444 e. The Hall–Kier alpha value is -1.85. The molecule has 0 saturated carbocycles. The lowest BCUT2D eigenvalue weighted by molar-refractivity contribution is 0.0523. The first-order valence-electron chi connectivity index (χ1n) is 7.87. The number of alkyl carbamates (subject to hydrolysis) is 1. The number of aryl methyl sites for hydroxylation is 1. The molecule has 6 nitrogen and oxygen atoms in total. The van der Waals surface area contributed by atoms with Crippen molar-refractivity contribution in [3.63, 3.8) is 0 Å². The van der Waals surface area contributed by atoms with Gasteiger partial charge in [-0.25, -0.2) is 14.8 Å². The lowest BCUT2D eigenvalue weighted by Crippen LogP contribution is -2.48. The summed E-state index contributed by atoms with van der Waals surface area (Å²) in [5, 5.41) is 2.88.